The molecule has 0 amide bonds. The van der Waals surface area contributed by atoms with Gasteiger partial charge < -0.3 is 5.32 Å². The van der Waals surface area contributed by atoms with Crippen molar-refractivity contribution in [3.8, 4) is 0 Å². The van der Waals surface area contributed by atoms with E-state index in [1.807, 2.05) is 26.1 Å². The molecule has 1 aromatic rings. The van der Waals surface area contributed by atoms with Gasteiger partial charge in [0, 0.05) is 6.04 Å². The van der Waals surface area contributed by atoms with E-state index < -0.39 is 9.84 Å². The third-order valence-electron chi connectivity index (χ3n) is 3.33. The zero-order valence-electron chi connectivity index (χ0n) is 10.9. The van der Waals surface area contributed by atoms with Crippen molar-refractivity contribution >= 4 is 9.84 Å². The van der Waals surface area contributed by atoms with E-state index in [-0.39, 0.29) is 17.7 Å². The van der Waals surface area contributed by atoms with Gasteiger partial charge in [-0.2, -0.15) is 0 Å². The first-order valence-electron chi connectivity index (χ1n) is 5.93. The maximum atomic E-state index is 12.0. The second-order valence-electron chi connectivity index (χ2n) is 4.31. The molecule has 0 bridgehead atoms. The van der Waals surface area contributed by atoms with E-state index in [9.17, 15) is 8.42 Å². The molecule has 2 unspecified atom stereocenters. The second-order valence-corrected chi connectivity index (χ2v) is 6.55. The molecule has 3 nitrogen and oxygen atoms in total. The Balaban J connectivity index is 3.26. The molecule has 0 aromatic heterocycles. The van der Waals surface area contributed by atoms with Gasteiger partial charge in [-0.05, 0) is 31.5 Å². The zero-order valence-corrected chi connectivity index (χ0v) is 11.7. The second kappa shape index (κ2) is 5.65. The molecule has 0 spiro atoms. The minimum Gasteiger partial charge on any atom is -0.317 e. The summed E-state index contributed by atoms with van der Waals surface area (Å²) in [6.45, 7) is 5.78. The summed E-state index contributed by atoms with van der Waals surface area (Å²) in [6, 6.07) is 7.52. The molecular weight excluding hydrogens is 234 g/mol. The Labute approximate surface area is 104 Å². The average Bonchev–Trinajstić information content (AvgIpc) is 2.36. The monoisotopic (exact) mass is 255 g/mol. The number of rotatable bonds is 5. The van der Waals surface area contributed by atoms with Crippen LogP contribution < -0.4 is 5.32 Å². The van der Waals surface area contributed by atoms with Crippen LogP contribution in [0.15, 0.2) is 29.2 Å². The van der Waals surface area contributed by atoms with E-state index in [2.05, 4.69) is 12.2 Å². The fourth-order valence-corrected chi connectivity index (χ4v) is 3.02. The maximum Gasteiger partial charge on any atom is 0.178 e. The van der Waals surface area contributed by atoms with Gasteiger partial charge in [0.25, 0.3) is 0 Å². The molecule has 0 heterocycles. The Kier molecular flexibility index (Phi) is 4.71. The third-order valence-corrected chi connectivity index (χ3v) is 5.13. The first-order valence-corrected chi connectivity index (χ1v) is 7.58. The van der Waals surface area contributed by atoms with Crippen molar-refractivity contribution in [3.05, 3.63) is 29.8 Å². The number of hydrogen-bond donors (Lipinski definition) is 1. The lowest BCUT2D eigenvalue weighted by molar-refractivity contribution is 0.516. The Morgan fingerprint density at radius 2 is 1.82 bits per heavy atom. The van der Waals surface area contributed by atoms with Gasteiger partial charge in [-0.25, -0.2) is 8.42 Å². The highest BCUT2D eigenvalue weighted by molar-refractivity contribution is 7.91. The van der Waals surface area contributed by atoms with Gasteiger partial charge in [0.2, 0.25) is 0 Å². The Morgan fingerprint density at radius 1 is 1.24 bits per heavy atom. The smallest absolute Gasteiger partial charge is 0.178 e. The van der Waals surface area contributed by atoms with E-state index in [1.165, 1.54) is 0 Å². The molecule has 2 atom stereocenters. The van der Waals surface area contributed by atoms with Crippen molar-refractivity contribution in [2.24, 2.45) is 0 Å². The van der Waals surface area contributed by atoms with Gasteiger partial charge in [0.05, 0.1) is 10.6 Å². The molecule has 1 rings (SSSR count). The summed E-state index contributed by atoms with van der Waals surface area (Å²) >= 11 is 0. The Hall–Kier alpha value is -0.870. The van der Waals surface area contributed by atoms with Crippen LogP contribution in [0.2, 0.25) is 0 Å². The van der Waals surface area contributed by atoms with E-state index in [1.54, 1.807) is 19.1 Å². The van der Waals surface area contributed by atoms with Crippen LogP contribution in [0, 0.1) is 0 Å². The molecule has 0 radical (unpaired) electrons. The molecule has 96 valence electrons. The van der Waals surface area contributed by atoms with Gasteiger partial charge in [0.15, 0.2) is 9.84 Å². The highest BCUT2D eigenvalue weighted by Crippen LogP contribution is 2.26. The van der Waals surface area contributed by atoms with Crippen molar-refractivity contribution in [2.45, 2.75) is 37.6 Å². The molecule has 17 heavy (non-hydrogen) atoms. The molecule has 0 fully saturated rings. The summed E-state index contributed by atoms with van der Waals surface area (Å²) in [7, 11) is -1.26. The van der Waals surface area contributed by atoms with Gasteiger partial charge >= 0.3 is 0 Å². The number of nitrogens with one attached hydrogen (secondary N) is 1. The van der Waals surface area contributed by atoms with Gasteiger partial charge in [-0.15, -0.1) is 0 Å². The number of benzene rings is 1. The largest absolute Gasteiger partial charge is 0.317 e. The van der Waals surface area contributed by atoms with Crippen LogP contribution >= 0.6 is 0 Å². The Morgan fingerprint density at radius 3 is 2.35 bits per heavy atom. The molecule has 0 saturated carbocycles. The minimum atomic E-state index is -3.14. The van der Waals surface area contributed by atoms with Crippen LogP contribution in [0.25, 0.3) is 0 Å². The lowest BCUT2D eigenvalue weighted by atomic mass is 9.94. The van der Waals surface area contributed by atoms with Crippen molar-refractivity contribution in [1.29, 1.82) is 0 Å². The molecular formula is C13H21NO2S. The van der Waals surface area contributed by atoms with Crippen LogP contribution in [0.5, 0.6) is 0 Å². The molecule has 4 heteroatoms. The summed E-state index contributed by atoms with van der Waals surface area (Å²) in [5, 5.41) is 3.17. The number of hydrogen-bond acceptors (Lipinski definition) is 3. The molecule has 0 aliphatic carbocycles. The summed E-state index contributed by atoms with van der Waals surface area (Å²) in [5.74, 6) is 0.308. The van der Waals surface area contributed by atoms with E-state index in [4.69, 9.17) is 0 Å². The summed E-state index contributed by atoms with van der Waals surface area (Å²) in [6.07, 6.45) is 0. The van der Waals surface area contributed by atoms with Gasteiger partial charge in [-0.1, -0.05) is 32.0 Å². The number of sulfone groups is 1. The van der Waals surface area contributed by atoms with Crippen LogP contribution in [0.4, 0.5) is 0 Å². The topological polar surface area (TPSA) is 46.2 Å². The van der Waals surface area contributed by atoms with E-state index in [0.717, 1.165) is 5.56 Å². The predicted octanol–water partition coefficient (Wildman–Crippen LogP) is 2.19. The highest BCUT2D eigenvalue weighted by Gasteiger charge is 2.22. The van der Waals surface area contributed by atoms with Crippen LogP contribution in [-0.2, 0) is 9.84 Å². The highest BCUT2D eigenvalue weighted by atomic mass is 32.2. The van der Waals surface area contributed by atoms with Crippen molar-refractivity contribution < 1.29 is 8.42 Å². The lowest BCUT2D eigenvalue weighted by Crippen LogP contribution is -2.28. The van der Waals surface area contributed by atoms with Gasteiger partial charge in [0.1, 0.15) is 0 Å². The third kappa shape index (κ3) is 3.07. The van der Waals surface area contributed by atoms with Crippen molar-refractivity contribution in [2.75, 3.05) is 12.8 Å². The summed E-state index contributed by atoms with van der Waals surface area (Å²) < 4.78 is 24.0. The first kappa shape index (κ1) is 14.2. The maximum absolute atomic E-state index is 12.0. The minimum absolute atomic E-state index is 0.144. The Bertz CT molecular complexity index is 468. The van der Waals surface area contributed by atoms with Crippen molar-refractivity contribution in [1.82, 2.24) is 5.32 Å². The van der Waals surface area contributed by atoms with Crippen LogP contribution in [-0.4, -0.2) is 27.3 Å². The fourth-order valence-electron chi connectivity index (χ4n) is 1.81. The quantitative estimate of drug-likeness (QED) is 0.877. The molecule has 1 N–H and O–H groups in total. The zero-order chi connectivity index (χ0) is 13.1. The fraction of sp³-hybridized carbons (Fsp3) is 0.538. The van der Waals surface area contributed by atoms with E-state index in [0.29, 0.717) is 4.90 Å². The first-order chi connectivity index (χ1) is 7.94. The molecule has 0 saturated heterocycles. The van der Waals surface area contributed by atoms with Crippen LogP contribution in [0.1, 0.15) is 32.3 Å². The molecule has 1 aromatic carbocycles. The normalized spacial score (nSPS) is 15.5. The summed E-state index contributed by atoms with van der Waals surface area (Å²) in [4.78, 5) is 0.470. The SMILES string of the molecule is CCS(=O)(=O)c1ccccc1C(C)C(C)NC. The van der Waals surface area contributed by atoms with Crippen LogP contribution in [0.3, 0.4) is 0 Å². The van der Waals surface area contributed by atoms with Gasteiger partial charge in [-0.3, -0.25) is 0 Å². The van der Waals surface area contributed by atoms with Crippen molar-refractivity contribution in [3.63, 3.8) is 0 Å². The molecule has 0 aliphatic heterocycles. The number of likely N-dealkylation sites (N-methyl/N-ethyl adjacent to an activating group) is 1. The summed E-state index contributed by atoms with van der Waals surface area (Å²) in [5.41, 5.74) is 0.899. The lowest BCUT2D eigenvalue weighted by Gasteiger charge is -2.22. The average molecular weight is 255 g/mol. The van der Waals surface area contributed by atoms with E-state index >= 15 is 0 Å². The predicted molar refractivity (Wildman–Crippen MR) is 71.1 cm³/mol. The standard InChI is InChI=1S/C13H21NO2S/c1-5-17(15,16)13-9-7-6-8-12(13)10(2)11(3)14-4/h6-11,14H,5H2,1-4H3. The molecule has 0 aliphatic rings.